The Bertz CT molecular complexity index is 1460. The molecule has 0 unspecified atom stereocenters. The molecule has 0 aromatic heterocycles. The molecule has 5 atom stereocenters. The van der Waals surface area contributed by atoms with Crippen LogP contribution in [0.4, 0.5) is 0 Å². The van der Waals surface area contributed by atoms with Gasteiger partial charge < -0.3 is 14.2 Å². The number of rotatable bonds is 7. The molecule has 0 radical (unpaired) electrons. The number of ether oxygens (including phenoxy) is 3. The highest BCUT2D eigenvalue weighted by atomic mass is 32.2. The van der Waals surface area contributed by atoms with E-state index in [-0.39, 0.29) is 23.0 Å². The van der Waals surface area contributed by atoms with Gasteiger partial charge in [0.2, 0.25) is 0 Å². The van der Waals surface area contributed by atoms with E-state index in [1.54, 1.807) is 24.3 Å². The van der Waals surface area contributed by atoms with Crippen molar-refractivity contribution in [2.45, 2.75) is 54.3 Å². The van der Waals surface area contributed by atoms with Crippen LogP contribution in [0, 0.1) is 13.8 Å². The molecule has 2 aliphatic heterocycles. The number of fused-ring (bicyclic) bond motifs is 1. The summed E-state index contributed by atoms with van der Waals surface area (Å²) in [5.74, 6) is 0. The summed E-state index contributed by atoms with van der Waals surface area (Å²) in [6.07, 6.45) is -5.18. The van der Waals surface area contributed by atoms with Gasteiger partial charge in [0.15, 0.2) is 6.29 Å². The molecule has 2 aliphatic rings. The minimum atomic E-state index is -4.32. The van der Waals surface area contributed by atoms with Crippen LogP contribution in [0.3, 0.4) is 0 Å². The van der Waals surface area contributed by atoms with E-state index < -0.39 is 50.9 Å². The number of hydrogen-bond acceptors (Lipinski definition) is 9. The van der Waals surface area contributed by atoms with E-state index in [0.29, 0.717) is 5.56 Å². The molecule has 11 heteroatoms. The highest BCUT2D eigenvalue weighted by Crippen LogP contribution is 2.36. The van der Waals surface area contributed by atoms with Gasteiger partial charge in [-0.15, -0.1) is 0 Å². The van der Waals surface area contributed by atoms with Gasteiger partial charge in [0.1, 0.15) is 24.4 Å². The summed E-state index contributed by atoms with van der Waals surface area (Å²) in [6.45, 7) is 3.51. The van der Waals surface area contributed by atoms with E-state index in [1.807, 2.05) is 44.2 Å². The molecule has 0 aliphatic carbocycles. The molecule has 0 bridgehead atoms. The number of hydrogen-bond donors (Lipinski definition) is 0. The molecule has 202 valence electrons. The summed E-state index contributed by atoms with van der Waals surface area (Å²) in [5.41, 5.74) is 2.46. The average molecular weight is 561 g/mol. The van der Waals surface area contributed by atoms with Gasteiger partial charge in [-0.2, -0.15) is 16.8 Å². The molecule has 0 N–H and O–H groups in total. The summed E-state index contributed by atoms with van der Waals surface area (Å²) in [5, 5.41) is 0. The fraction of sp³-hybridized carbons (Fsp3) is 0.333. The Morgan fingerprint density at radius 3 is 1.82 bits per heavy atom. The Morgan fingerprint density at radius 1 is 0.684 bits per heavy atom. The lowest BCUT2D eigenvalue weighted by Gasteiger charge is -2.45. The minimum absolute atomic E-state index is 0.0691. The first-order valence-electron chi connectivity index (χ1n) is 12.1. The monoisotopic (exact) mass is 560 g/mol. The predicted molar refractivity (Wildman–Crippen MR) is 136 cm³/mol. The van der Waals surface area contributed by atoms with Crippen LogP contribution < -0.4 is 0 Å². The standard InChI is InChI=1S/C27H28O9S2/c1-18-8-12-21(13-9-18)37(28,29)35-24-17-32-23-16-33-27(20-6-4-3-5-7-20)34-25(23)26(24)36-38(30,31)22-14-10-19(2)11-15-22/h3-15,23-27H,16-17H2,1-2H3/t23-,24-,25+,26+,27+/m0/s1. The van der Waals surface area contributed by atoms with Crippen LogP contribution in [0.25, 0.3) is 0 Å². The molecular weight excluding hydrogens is 532 g/mol. The molecule has 2 saturated heterocycles. The highest BCUT2D eigenvalue weighted by molar-refractivity contribution is 7.87. The second-order valence-electron chi connectivity index (χ2n) is 9.28. The van der Waals surface area contributed by atoms with Gasteiger partial charge in [-0.05, 0) is 38.1 Å². The van der Waals surface area contributed by atoms with E-state index in [0.717, 1.165) is 11.1 Å². The van der Waals surface area contributed by atoms with Crippen molar-refractivity contribution < 1.29 is 39.4 Å². The van der Waals surface area contributed by atoms with Gasteiger partial charge in [-0.25, -0.2) is 0 Å². The normalized spacial score (nSPS) is 26.0. The molecule has 3 aromatic rings. The molecule has 2 heterocycles. The van der Waals surface area contributed by atoms with Gasteiger partial charge in [0.25, 0.3) is 20.2 Å². The topological polar surface area (TPSA) is 114 Å². The van der Waals surface area contributed by atoms with Crippen molar-refractivity contribution in [1.29, 1.82) is 0 Å². The maximum atomic E-state index is 13.3. The van der Waals surface area contributed by atoms with Crippen LogP contribution in [-0.4, -0.2) is 54.5 Å². The smallest absolute Gasteiger partial charge is 0.297 e. The Morgan fingerprint density at radius 2 is 1.24 bits per heavy atom. The van der Waals surface area contributed by atoms with Crippen molar-refractivity contribution in [1.82, 2.24) is 0 Å². The fourth-order valence-electron chi connectivity index (χ4n) is 4.32. The second kappa shape index (κ2) is 10.9. The van der Waals surface area contributed by atoms with Crippen molar-refractivity contribution in [3.05, 3.63) is 95.6 Å². The lowest BCUT2D eigenvalue weighted by Crippen LogP contribution is -2.60. The van der Waals surface area contributed by atoms with Gasteiger partial charge in [0, 0.05) is 5.56 Å². The third-order valence-corrected chi connectivity index (χ3v) is 9.08. The zero-order valence-electron chi connectivity index (χ0n) is 20.8. The van der Waals surface area contributed by atoms with E-state index >= 15 is 0 Å². The van der Waals surface area contributed by atoms with Crippen molar-refractivity contribution in [2.75, 3.05) is 13.2 Å². The largest absolute Gasteiger partial charge is 0.370 e. The maximum Gasteiger partial charge on any atom is 0.297 e. The summed E-state index contributed by atoms with van der Waals surface area (Å²) in [6, 6.07) is 21.4. The van der Waals surface area contributed by atoms with Crippen LogP contribution in [0.15, 0.2) is 88.7 Å². The van der Waals surface area contributed by atoms with Gasteiger partial charge in [-0.1, -0.05) is 65.7 Å². The maximum absolute atomic E-state index is 13.3. The van der Waals surface area contributed by atoms with E-state index in [1.165, 1.54) is 24.3 Å². The Balaban J connectivity index is 1.47. The quantitative estimate of drug-likeness (QED) is 0.399. The van der Waals surface area contributed by atoms with Crippen molar-refractivity contribution in [3.8, 4) is 0 Å². The third kappa shape index (κ3) is 5.84. The lowest BCUT2D eigenvalue weighted by molar-refractivity contribution is -0.307. The summed E-state index contributed by atoms with van der Waals surface area (Å²) in [4.78, 5) is -0.140. The molecule has 3 aromatic carbocycles. The molecule has 9 nitrogen and oxygen atoms in total. The predicted octanol–water partition coefficient (Wildman–Crippen LogP) is 3.66. The first-order valence-corrected chi connectivity index (χ1v) is 14.9. The number of aryl methyl sites for hydroxylation is 2. The first kappa shape index (κ1) is 26.9. The first-order chi connectivity index (χ1) is 18.1. The van der Waals surface area contributed by atoms with Crippen molar-refractivity contribution in [2.24, 2.45) is 0 Å². The number of benzene rings is 3. The average Bonchev–Trinajstić information content (AvgIpc) is 2.90. The fourth-order valence-corrected chi connectivity index (χ4v) is 6.50. The summed E-state index contributed by atoms with van der Waals surface area (Å²) < 4.78 is 81.9. The molecule has 0 saturated carbocycles. The molecule has 38 heavy (non-hydrogen) atoms. The molecule has 2 fully saturated rings. The summed E-state index contributed by atoms with van der Waals surface area (Å²) >= 11 is 0. The van der Waals surface area contributed by atoms with E-state index in [9.17, 15) is 16.8 Å². The lowest BCUT2D eigenvalue weighted by atomic mass is 9.99. The molecular formula is C27H28O9S2. The van der Waals surface area contributed by atoms with Crippen LogP contribution in [0.1, 0.15) is 23.0 Å². The van der Waals surface area contributed by atoms with Crippen LogP contribution >= 0.6 is 0 Å². The van der Waals surface area contributed by atoms with Crippen molar-refractivity contribution >= 4 is 20.2 Å². The second-order valence-corrected chi connectivity index (χ2v) is 12.4. The van der Waals surface area contributed by atoms with Crippen LogP contribution in [0.2, 0.25) is 0 Å². The van der Waals surface area contributed by atoms with E-state index in [2.05, 4.69) is 0 Å². The zero-order chi connectivity index (χ0) is 26.9. The highest BCUT2D eigenvalue weighted by Gasteiger charge is 2.50. The Labute approximate surface area is 222 Å². The Hall–Kier alpha value is -2.64. The molecule has 5 rings (SSSR count). The van der Waals surface area contributed by atoms with Crippen molar-refractivity contribution in [3.63, 3.8) is 0 Å². The van der Waals surface area contributed by atoms with E-state index in [4.69, 9.17) is 22.6 Å². The van der Waals surface area contributed by atoms with Gasteiger partial charge in [0.05, 0.1) is 23.0 Å². The SMILES string of the molecule is Cc1ccc(S(=O)(=O)O[C@H]2[C@@H]3O[C@H](c4ccccc4)OC[C@@H]3OC[C@@H]2OS(=O)(=O)c2ccc(C)cc2)cc1. The third-order valence-electron chi connectivity index (χ3n) is 6.40. The molecule has 0 amide bonds. The zero-order valence-corrected chi connectivity index (χ0v) is 22.4. The van der Waals surface area contributed by atoms with Gasteiger partial charge in [-0.3, -0.25) is 8.37 Å². The van der Waals surface area contributed by atoms with Crippen LogP contribution in [-0.2, 0) is 42.8 Å². The Kier molecular flexibility index (Phi) is 7.70. The minimum Gasteiger partial charge on any atom is -0.370 e. The van der Waals surface area contributed by atoms with Gasteiger partial charge >= 0.3 is 0 Å². The summed E-state index contributed by atoms with van der Waals surface area (Å²) in [7, 11) is -8.60. The molecule has 0 spiro atoms. The van der Waals surface area contributed by atoms with Crippen LogP contribution in [0.5, 0.6) is 0 Å².